The molecular weight excluding hydrogens is 290 g/mol. The number of carbonyl (C=O) groups is 1. The lowest BCUT2D eigenvalue weighted by atomic mass is 9.76. The molecule has 0 aromatic carbocycles. The Morgan fingerprint density at radius 1 is 1.39 bits per heavy atom. The molecule has 0 bridgehead atoms. The molecule has 2 saturated heterocycles. The number of ether oxygens (including phenoxy) is 1. The van der Waals surface area contributed by atoms with Gasteiger partial charge in [0.15, 0.2) is 0 Å². The fraction of sp³-hybridized carbons (Fsp3) is 0.667. The molecule has 0 unspecified atom stereocenters. The van der Waals surface area contributed by atoms with Gasteiger partial charge < -0.3 is 10.1 Å². The zero-order valence-electron chi connectivity index (χ0n) is 13.5. The number of rotatable bonds is 5. The van der Waals surface area contributed by atoms with Gasteiger partial charge in [-0.05, 0) is 43.7 Å². The average molecular weight is 315 g/mol. The number of likely N-dealkylation sites (tertiary alicyclic amines) is 1. The van der Waals surface area contributed by atoms with Crippen LogP contribution in [0, 0.1) is 5.92 Å². The first-order valence-electron chi connectivity index (χ1n) is 8.83. The van der Waals surface area contributed by atoms with Crippen LogP contribution in [-0.4, -0.2) is 53.7 Å². The minimum Gasteiger partial charge on any atom is -0.372 e. The predicted octanol–water partition coefficient (Wildman–Crippen LogP) is 1.84. The standard InChI is InChI=1S/C18H25N3O2/c22-17(14-3-2-8-19-11-14)20-9-6-15-7-10-23-18(15)12-21(13-18)16-4-1-5-16/h2-3,8,11,15-16H,1,4-7,9-10,12-13H2,(H,20,22)/t15-/m1/s1. The van der Waals surface area contributed by atoms with Crippen molar-refractivity contribution < 1.29 is 9.53 Å². The summed E-state index contributed by atoms with van der Waals surface area (Å²) in [5, 5.41) is 3.02. The Labute approximate surface area is 137 Å². The third-order valence-corrected chi connectivity index (χ3v) is 5.83. The number of nitrogens with zero attached hydrogens (tertiary/aromatic N) is 2. The van der Waals surface area contributed by atoms with Crippen LogP contribution in [0.15, 0.2) is 24.5 Å². The van der Waals surface area contributed by atoms with Gasteiger partial charge in [-0.25, -0.2) is 0 Å². The second-order valence-corrected chi connectivity index (χ2v) is 7.17. The minimum absolute atomic E-state index is 0.0317. The van der Waals surface area contributed by atoms with E-state index in [1.54, 1.807) is 24.5 Å². The summed E-state index contributed by atoms with van der Waals surface area (Å²) in [6.45, 7) is 3.78. The van der Waals surface area contributed by atoms with Gasteiger partial charge in [0.05, 0.1) is 11.2 Å². The van der Waals surface area contributed by atoms with E-state index in [1.165, 1.54) is 19.3 Å². The summed E-state index contributed by atoms with van der Waals surface area (Å²) in [6, 6.07) is 4.40. The second kappa shape index (κ2) is 6.21. The second-order valence-electron chi connectivity index (χ2n) is 7.17. The maximum Gasteiger partial charge on any atom is 0.252 e. The van der Waals surface area contributed by atoms with Crippen molar-refractivity contribution >= 4 is 5.91 Å². The molecule has 5 heteroatoms. The van der Waals surface area contributed by atoms with Gasteiger partial charge in [0, 0.05) is 44.7 Å². The number of aromatic nitrogens is 1. The summed E-state index contributed by atoms with van der Waals surface area (Å²) in [5.41, 5.74) is 0.707. The Morgan fingerprint density at radius 3 is 2.96 bits per heavy atom. The highest BCUT2D eigenvalue weighted by Gasteiger charge is 2.54. The lowest BCUT2D eigenvalue weighted by molar-refractivity contribution is -0.156. The molecule has 1 saturated carbocycles. The highest BCUT2D eigenvalue weighted by Crippen LogP contribution is 2.44. The molecule has 1 N–H and O–H groups in total. The molecule has 0 radical (unpaired) electrons. The van der Waals surface area contributed by atoms with Crippen LogP contribution in [0.1, 0.15) is 42.5 Å². The van der Waals surface area contributed by atoms with Gasteiger partial charge in [-0.1, -0.05) is 6.42 Å². The maximum atomic E-state index is 12.1. The first-order valence-corrected chi connectivity index (χ1v) is 8.83. The van der Waals surface area contributed by atoms with Crippen LogP contribution in [-0.2, 0) is 4.74 Å². The van der Waals surface area contributed by atoms with E-state index in [0.29, 0.717) is 18.0 Å². The van der Waals surface area contributed by atoms with Crippen LogP contribution in [0.3, 0.4) is 0 Å². The van der Waals surface area contributed by atoms with E-state index in [1.807, 2.05) is 0 Å². The smallest absolute Gasteiger partial charge is 0.252 e. The van der Waals surface area contributed by atoms with Crippen LogP contribution in [0.2, 0.25) is 0 Å². The van der Waals surface area contributed by atoms with E-state index >= 15 is 0 Å². The van der Waals surface area contributed by atoms with E-state index in [2.05, 4.69) is 15.2 Å². The first kappa shape index (κ1) is 15.1. The first-order chi connectivity index (χ1) is 11.3. The van der Waals surface area contributed by atoms with E-state index < -0.39 is 0 Å². The Balaban J connectivity index is 1.25. The molecule has 124 valence electrons. The molecule has 3 fully saturated rings. The normalized spacial score (nSPS) is 26.7. The lowest BCUT2D eigenvalue weighted by Gasteiger charge is -2.55. The number of hydrogen-bond donors (Lipinski definition) is 1. The van der Waals surface area contributed by atoms with Crippen molar-refractivity contribution in [3.63, 3.8) is 0 Å². The third-order valence-electron chi connectivity index (χ3n) is 5.83. The molecule has 3 heterocycles. The van der Waals surface area contributed by atoms with Crippen molar-refractivity contribution in [1.29, 1.82) is 0 Å². The monoisotopic (exact) mass is 315 g/mol. The van der Waals surface area contributed by atoms with E-state index in [0.717, 1.165) is 38.6 Å². The maximum absolute atomic E-state index is 12.1. The Kier molecular flexibility index (Phi) is 4.07. The van der Waals surface area contributed by atoms with Gasteiger partial charge in [0.2, 0.25) is 0 Å². The minimum atomic E-state index is -0.0317. The number of carbonyl (C=O) groups excluding carboxylic acids is 1. The molecule has 3 aliphatic rings. The fourth-order valence-corrected chi connectivity index (χ4v) is 4.15. The zero-order valence-corrected chi connectivity index (χ0v) is 13.5. The molecule has 4 rings (SSSR count). The number of hydrogen-bond acceptors (Lipinski definition) is 4. The van der Waals surface area contributed by atoms with Crippen LogP contribution in [0.25, 0.3) is 0 Å². The van der Waals surface area contributed by atoms with Crippen molar-refractivity contribution in [2.75, 3.05) is 26.2 Å². The topological polar surface area (TPSA) is 54.5 Å². The van der Waals surface area contributed by atoms with E-state index in [-0.39, 0.29) is 11.5 Å². The van der Waals surface area contributed by atoms with Crippen LogP contribution in [0.4, 0.5) is 0 Å². The van der Waals surface area contributed by atoms with E-state index in [9.17, 15) is 4.79 Å². The van der Waals surface area contributed by atoms with Crippen LogP contribution >= 0.6 is 0 Å². The van der Waals surface area contributed by atoms with Gasteiger partial charge in [0.1, 0.15) is 0 Å². The molecule has 1 amide bonds. The molecule has 1 atom stereocenters. The molecular formula is C18H25N3O2. The third kappa shape index (κ3) is 2.88. The van der Waals surface area contributed by atoms with Gasteiger partial charge in [0.25, 0.3) is 5.91 Å². The van der Waals surface area contributed by atoms with Gasteiger partial charge >= 0.3 is 0 Å². The van der Waals surface area contributed by atoms with Crippen molar-refractivity contribution in [3.8, 4) is 0 Å². The SMILES string of the molecule is O=C(NCC[C@@H]1CCOC12CN(C1CCC1)C2)c1cccnc1. The highest BCUT2D eigenvalue weighted by atomic mass is 16.5. The largest absolute Gasteiger partial charge is 0.372 e. The number of nitrogens with one attached hydrogen (secondary N) is 1. The summed E-state index contributed by atoms with van der Waals surface area (Å²) >= 11 is 0. The molecule has 2 aliphatic heterocycles. The fourth-order valence-electron chi connectivity index (χ4n) is 4.15. The zero-order chi connectivity index (χ0) is 15.7. The van der Waals surface area contributed by atoms with Crippen molar-refractivity contribution in [1.82, 2.24) is 15.2 Å². The van der Waals surface area contributed by atoms with E-state index in [4.69, 9.17) is 4.74 Å². The van der Waals surface area contributed by atoms with Gasteiger partial charge in [-0.15, -0.1) is 0 Å². The van der Waals surface area contributed by atoms with Crippen LogP contribution in [0.5, 0.6) is 0 Å². The summed E-state index contributed by atoms with van der Waals surface area (Å²) < 4.78 is 6.12. The van der Waals surface area contributed by atoms with Crippen molar-refractivity contribution in [2.45, 2.75) is 43.7 Å². The Bertz CT molecular complexity index is 553. The van der Waals surface area contributed by atoms with Crippen LogP contribution < -0.4 is 5.32 Å². The Hall–Kier alpha value is -1.46. The Morgan fingerprint density at radius 2 is 2.26 bits per heavy atom. The van der Waals surface area contributed by atoms with Gasteiger partial charge in [-0.2, -0.15) is 0 Å². The highest BCUT2D eigenvalue weighted by molar-refractivity contribution is 5.93. The van der Waals surface area contributed by atoms with Crippen molar-refractivity contribution in [3.05, 3.63) is 30.1 Å². The number of amides is 1. The quantitative estimate of drug-likeness (QED) is 0.901. The molecule has 1 aliphatic carbocycles. The summed E-state index contributed by atoms with van der Waals surface area (Å²) in [5.74, 6) is 0.545. The molecule has 1 spiro atoms. The average Bonchev–Trinajstić information content (AvgIpc) is 2.90. The molecule has 23 heavy (non-hydrogen) atoms. The lowest BCUT2D eigenvalue weighted by Crippen LogP contribution is -2.68. The number of pyridine rings is 1. The molecule has 1 aromatic rings. The summed E-state index contributed by atoms with van der Waals surface area (Å²) in [7, 11) is 0. The van der Waals surface area contributed by atoms with Gasteiger partial charge in [-0.3, -0.25) is 14.7 Å². The molecule has 5 nitrogen and oxygen atoms in total. The summed E-state index contributed by atoms with van der Waals surface area (Å²) in [6.07, 6.45) is 9.53. The summed E-state index contributed by atoms with van der Waals surface area (Å²) in [4.78, 5) is 18.6. The predicted molar refractivity (Wildman–Crippen MR) is 87.2 cm³/mol. The van der Waals surface area contributed by atoms with Crippen molar-refractivity contribution in [2.24, 2.45) is 5.92 Å². The molecule has 1 aromatic heterocycles.